The molecule has 13 heavy (non-hydrogen) atoms. The maximum Gasteiger partial charge on any atom is 0.197 e. The molecular formula is C10H13NO2. The molecule has 0 saturated carbocycles. The van der Waals surface area contributed by atoms with Crippen LogP contribution in [0.1, 0.15) is 43.5 Å². The van der Waals surface area contributed by atoms with Gasteiger partial charge in [-0.1, -0.05) is 13.8 Å². The van der Waals surface area contributed by atoms with E-state index in [0.717, 1.165) is 23.8 Å². The minimum atomic E-state index is 0.274. The Morgan fingerprint density at radius 3 is 2.85 bits per heavy atom. The highest BCUT2D eigenvalue weighted by Gasteiger charge is 2.22. The molecule has 1 aliphatic rings. The fourth-order valence-corrected chi connectivity index (χ4v) is 1.51. The molecule has 3 nitrogen and oxygen atoms in total. The second kappa shape index (κ2) is 2.98. The number of carbonyl (C=O) groups is 1. The molecule has 0 saturated heterocycles. The SMILES string of the molecule is CC(C)c1nc2c(o1)CCC(=O)C2. The molecule has 1 aromatic rings. The van der Waals surface area contributed by atoms with Crippen molar-refractivity contribution in [2.45, 2.75) is 39.0 Å². The van der Waals surface area contributed by atoms with Gasteiger partial charge >= 0.3 is 0 Å². The van der Waals surface area contributed by atoms with E-state index < -0.39 is 0 Å². The van der Waals surface area contributed by atoms with Crippen LogP contribution in [0, 0.1) is 0 Å². The molecule has 1 heterocycles. The van der Waals surface area contributed by atoms with Crippen molar-refractivity contribution >= 4 is 5.78 Å². The van der Waals surface area contributed by atoms with Crippen LogP contribution >= 0.6 is 0 Å². The van der Waals surface area contributed by atoms with Crippen LogP contribution < -0.4 is 0 Å². The molecule has 0 radical (unpaired) electrons. The van der Waals surface area contributed by atoms with E-state index in [0.29, 0.717) is 18.8 Å². The fraction of sp³-hybridized carbons (Fsp3) is 0.600. The lowest BCUT2D eigenvalue weighted by atomic mass is 10.0. The number of nitrogens with zero attached hydrogens (tertiary/aromatic N) is 1. The monoisotopic (exact) mass is 179 g/mol. The summed E-state index contributed by atoms with van der Waals surface area (Å²) >= 11 is 0. The number of hydrogen-bond donors (Lipinski definition) is 0. The van der Waals surface area contributed by atoms with Gasteiger partial charge in [0.05, 0.1) is 12.1 Å². The van der Waals surface area contributed by atoms with Crippen molar-refractivity contribution in [2.24, 2.45) is 0 Å². The van der Waals surface area contributed by atoms with Gasteiger partial charge in [0, 0.05) is 18.8 Å². The molecule has 0 aromatic carbocycles. The van der Waals surface area contributed by atoms with Gasteiger partial charge in [-0.05, 0) is 0 Å². The van der Waals surface area contributed by atoms with E-state index in [-0.39, 0.29) is 5.78 Å². The van der Waals surface area contributed by atoms with Gasteiger partial charge in [0.25, 0.3) is 0 Å². The van der Waals surface area contributed by atoms with E-state index in [2.05, 4.69) is 4.98 Å². The third kappa shape index (κ3) is 1.50. The van der Waals surface area contributed by atoms with Crippen LogP contribution in [0.5, 0.6) is 0 Å². The lowest BCUT2D eigenvalue weighted by Crippen LogP contribution is -2.11. The molecule has 0 amide bonds. The molecule has 0 fully saturated rings. The van der Waals surface area contributed by atoms with Crippen LogP contribution in [-0.4, -0.2) is 10.8 Å². The number of rotatable bonds is 1. The smallest absolute Gasteiger partial charge is 0.197 e. The molecule has 0 aliphatic heterocycles. The molecule has 1 aromatic heterocycles. The quantitative estimate of drug-likeness (QED) is 0.660. The fourth-order valence-electron chi connectivity index (χ4n) is 1.51. The molecule has 0 unspecified atom stereocenters. The molecule has 0 N–H and O–H groups in total. The Bertz CT molecular complexity index is 339. The normalized spacial score (nSPS) is 16.4. The van der Waals surface area contributed by atoms with Gasteiger partial charge in [-0.2, -0.15) is 0 Å². The summed E-state index contributed by atoms with van der Waals surface area (Å²) in [6.45, 7) is 4.08. The number of hydrogen-bond acceptors (Lipinski definition) is 3. The highest BCUT2D eigenvalue weighted by molar-refractivity contribution is 5.82. The number of carbonyl (C=O) groups excluding carboxylic acids is 1. The van der Waals surface area contributed by atoms with Crippen molar-refractivity contribution in [3.63, 3.8) is 0 Å². The highest BCUT2D eigenvalue weighted by Crippen LogP contribution is 2.23. The first-order valence-corrected chi connectivity index (χ1v) is 4.67. The zero-order valence-electron chi connectivity index (χ0n) is 7.96. The highest BCUT2D eigenvalue weighted by atomic mass is 16.4. The summed E-state index contributed by atoms with van der Waals surface area (Å²) in [5.41, 5.74) is 0.861. The van der Waals surface area contributed by atoms with E-state index in [1.54, 1.807) is 0 Å². The second-order valence-corrected chi connectivity index (χ2v) is 3.79. The standard InChI is InChI=1S/C10H13NO2/c1-6(2)10-11-8-5-7(12)3-4-9(8)13-10/h6H,3-5H2,1-2H3. The maximum absolute atomic E-state index is 11.1. The van der Waals surface area contributed by atoms with Crippen LogP contribution in [0.2, 0.25) is 0 Å². The summed E-state index contributed by atoms with van der Waals surface area (Å²) in [6.07, 6.45) is 1.80. The van der Waals surface area contributed by atoms with Gasteiger partial charge in [-0.25, -0.2) is 4.98 Å². The minimum absolute atomic E-state index is 0.274. The molecular weight excluding hydrogens is 166 g/mol. The van der Waals surface area contributed by atoms with Gasteiger partial charge in [0.2, 0.25) is 0 Å². The molecule has 3 heteroatoms. The van der Waals surface area contributed by atoms with E-state index in [1.165, 1.54) is 0 Å². The Labute approximate surface area is 77.2 Å². The topological polar surface area (TPSA) is 43.1 Å². The van der Waals surface area contributed by atoms with Gasteiger partial charge < -0.3 is 4.42 Å². The predicted molar refractivity (Wildman–Crippen MR) is 47.6 cm³/mol. The van der Waals surface area contributed by atoms with E-state index in [4.69, 9.17) is 4.42 Å². The molecule has 1 aliphatic carbocycles. The Balaban J connectivity index is 2.33. The number of oxazole rings is 1. The largest absolute Gasteiger partial charge is 0.445 e. The second-order valence-electron chi connectivity index (χ2n) is 3.79. The molecule has 70 valence electrons. The lowest BCUT2D eigenvalue weighted by Gasteiger charge is -2.05. The van der Waals surface area contributed by atoms with Crippen molar-refractivity contribution in [2.75, 3.05) is 0 Å². The Morgan fingerprint density at radius 2 is 2.15 bits per heavy atom. The van der Waals surface area contributed by atoms with Gasteiger partial charge in [0.1, 0.15) is 11.5 Å². The van der Waals surface area contributed by atoms with Crippen LogP contribution in [0.3, 0.4) is 0 Å². The summed E-state index contributed by atoms with van der Waals surface area (Å²) < 4.78 is 5.55. The van der Waals surface area contributed by atoms with E-state index in [9.17, 15) is 4.79 Å². The zero-order valence-corrected chi connectivity index (χ0v) is 7.96. The Morgan fingerprint density at radius 1 is 1.38 bits per heavy atom. The molecule has 0 bridgehead atoms. The minimum Gasteiger partial charge on any atom is -0.445 e. The summed E-state index contributed by atoms with van der Waals surface area (Å²) in [5.74, 6) is 2.26. The lowest BCUT2D eigenvalue weighted by molar-refractivity contribution is -0.118. The number of aryl methyl sites for hydroxylation is 1. The molecule has 0 atom stereocenters. The Hall–Kier alpha value is -1.12. The van der Waals surface area contributed by atoms with Gasteiger partial charge in [-0.3, -0.25) is 4.79 Å². The zero-order chi connectivity index (χ0) is 9.42. The predicted octanol–water partition coefficient (Wildman–Crippen LogP) is 1.86. The first kappa shape index (κ1) is 8.48. The van der Waals surface area contributed by atoms with Crippen molar-refractivity contribution in [3.8, 4) is 0 Å². The first-order chi connectivity index (χ1) is 6.16. The van der Waals surface area contributed by atoms with Crippen LogP contribution in [0.25, 0.3) is 0 Å². The van der Waals surface area contributed by atoms with Crippen molar-refractivity contribution in [3.05, 3.63) is 17.3 Å². The van der Waals surface area contributed by atoms with Gasteiger partial charge in [-0.15, -0.1) is 0 Å². The number of fused-ring (bicyclic) bond motifs is 1. The third-order valence-corrected chi connectivity index (χ3v) is 2.28. The van der Waals surface area contributed by atoms with Crippen LogP contribution in [0.15, 0.2) is 4.42 Å². The maximum atomic E-state index is 11.1. The average Bonchev–Trinajstić information content (AvgIpc) is 2.46. The number of aromatic nitrogens is 1. The van der Waals surface area contributed by atoms with Crippen molar-refractivity contribution < 1.29 is 9.21 Å². The van der Waals surface area contributed by atoms with Crippen LogP contribution in [0.4, 0.5) is 0 Å². The third-order valence-electron chi connectivity index (χ3n) is 2.28. The summed E-state index contributed by atoms with van der Waals surface area (Å²) in [4.78, 5) is 15.4. The van der Waals surface area contributed by atoms with E-state index in [1.807, 2.05) is 13.8 Å². The van der Waals surface area contributed by atoms with Gasteiger partial charge in [0.15, 0.2) is 5.89 Å². The molecule has 2 rings (SSSR count). The van der Waals surface area contributed by atoms with E-state index >= 15 is 0 Å². The number of Topliss-reactive ketones (excluding diaryl/α,β-unsaturated/α-hetero) is 1. The average molecular weight is 179 g/mol. The Kier molecular flexibility index (Phi) is 1.94. The number of ketones is 1. The summed E-state index contributed by atoms with van der Waals surface area (Å²) in [6, 6.07) is 0. The first-order valence-electron chi connectivity index (χ1n) is 4.67. The summed E-state index contributed by atoms with van der Waals surface area (Å²) in [7, 11) is 0. The van der Waals surface area contributed by atoms with Crippen molar-refractivity contribution in [1.29, 1.82) is 0 Å². The van der Waals surface area contributed by atoms with Crippen molar-refractivity contribution in [1.82, 2.24) is 4.98 Å². The molecule has 0 spiro atoms. The summed E-state index contributed by atoms with van der Waals surface area (Å²) in [5, 5.41) is 0. The van der Waals surface area contributed by atoms with Crippen LogP contribution in [-0.2, 0) is 17.6 Å².